The Balaban J connectivity index is 1.93. The van der Waals surface area contributed by atoms with Crippen LogP contribution in [0.15, 0.2) is 9.39 Å². The number of halogens is 1. The minimum atomic E-state index is -0.432. The van der Waals surface area contributed by atoms with Crippen LogP contribution in [0.1, 0.15) is 6.42 Å². The van der Waals surface area contributed by atoms with Crippen LogP contribution in [0, 0.1) is 10.7 Å². The van der Waals surface area contributed by atoms with E-state index in [4.69, 9.17) is 21.0 Å². The second kappa shape index (κ2) is 4.57. The molecule has 0 aromatic carbocycles. The second-order valence-corrected chi connectivity index (χ2v) is 6.22. The summed E-state index contributed by atoms with van der Waals surface area (Å²) < 4.78 is 9.42. The summed E-state index contributed by atoms with van der Waals surface area (Å²) in [6.45, 7) is 0. The molecule has 0 spiro atoms. The number of aliphatic imine (C=N–C) groups is 1. The van der Waals surface area contributed by atoms with Crippen LogP contribution in [-0.2, 0) is 4.18 Å². The maximum Gasteiger partial charge on any atom is 0.206 e. The summed E-state index contributed by atoms with van der Waals surface area (Å²) in [5.74, 6) is 1.35. The van der Waals surface area contributed by atoms with Gasteiger partial charge < -0.3 is 4.18 Å². The molecule has 8 heteroatoms. The van der Waals surface area contributed by atoms with Gasteiger partial charge in [0.15, 0.2) is 10.2 Å². The molecule has 0 saturated heterocycles. The Hall–Kier alpha value is -0.160. The Morgan fingerprint density at radius 1 is 1.71 bits per heavy atom. The van der Waals surface area contributed by atoms with Gasteiger partial charge in [-0.15, -0.1) is 0 Å². The lowest BCUT2D eigenvalue weighted by Crippen LogP contribution is -2.01. The molecule has 0 N–H and O–H groups in total. The van der Waals surface area contributed by atoms with Gasteiger partial charge in [-0.2, -0.15) is 9.66 Å². The van der Waals surface area contributed by atoms with Crippen molar-refractivity contribution in [1.29, 1.82) is 5.26 Å². The number of thiocyanates is 1. The second-order valence-electron chi connectivity index (χ2n) is 2.28. The molecule has 2 heterocycles. The van der Waals surface area contributed by atoms with Crippen LogP contribution in [0.25, 0.3) is 0 Å². The Labute approximate surface area is 96.4 Å². The fourth-order valence-corrected chi connectivity index (χ4v) is 4.26. The number of rotatable bonds is 3. The summed E-state index contributed by atoms with van der Waals surface area (Å²) in [5, 5.41) is 10.8. The number of hydrogen-bond acceptors (Lipinski definition) is 6. The van der Waals surface area contributed by atoms with E-state index in [9.17, 15) is 0 Å². The predicted molar refractivity (Wildman–Crippen MR) is 64.7 cm³/mol. The van der Waals surface area contributed by atoms with Gasteiger partial charge in [-0.1, -0.05) is 11.6 Å². The summed E-state index contributed by atoms with van der Waals surface area (Å²) >= 11 is 6.99. The summed E-state index contributed by atoms with van der Waals surface area (Å²) in [7, 11) is 0.870. The molecule has 2 aliphatic heterocycles. The molecule has 0 saturated carbocycles. The smallest absolute Gasteiger partial charge is 0.206 e. The molecular formula is C6H4ClN3OS3. The SMILES string of the molecule is N#CSCCC1=NC2=S(O1)SN=C2Cl. The van der Waals surface area contributed by atoms with Crippen molar-refractivity contribution in [2.45, 2.75) is 6.42 Å². The highest BCUT2D eigenvalue weighted by atomic mass is 35.5. The van der Waals surface area contributed by atoms with Gasteiger partial charge in [0, 0.05) is 12.2 Å². The number of nitrogens with zero attached hydrogens (tertiary/aromatic N) is 3. The molecule has 14 heavy (non-hydrogen) atoms. The third-order valence-electron chi connectivity index (χ3n) is 1.40. The lowest BCUT2D eigenvalue weighted by atomic mass is 10.5. The van der Waals surface area contributed by atoms with E-state index < -0.39 is 9.80 Å². The fourth-order valence-electron chi connectivity index (χ4n) is 0.849. The molecule has 0 aromatic rings. The van der Waals surface area contributed by atoms with Crippen LogP contribution in [0.5, 0.6) is 0 Å². The van der Waals surface area contributed by atoms with Gasteiger partial charge in [0.2, 0.25) is 5.90 Å². The van der Waals surface area contributed by atoms with Gasteiger partial charge in [0.05, 0.1) is 11.0 Å². The minimum absolute atomic E-state index is 0.432. The molecule has 74 valence electrons. The van der Waals surface area contributed by atoms with Gasteiger partial charge >= 0.3 is 0 Å². The number of thioether (sulfide) groups is 1. The van der Waals surface area contributed by atoms with Gasteiger partial charge in [-0.25, -0.2) is 4.99 Å². The average molecular weight is 266 g/mol. The zero-order valence-corrected chi connectivity index (χ0v) is 9.97. The highest BCUT2D eigenvalue weighted by molar-refractivity contribution is 8.82. The molecule has 0 aliphatic carbocycles. The van der Waals surface area contributed by atoms with E-state index >= 15 is 0 Å². The zero-order chi connectivity index (χ0) is 9.97. The van der Waals surface area contributed by atoms with Crippen molar-refractivity contribution in [3.63, 3.8) is 0 Å². The molecule has 0 fully saturated rings. The molecule has 1 atom stereocenters. The summed E-state index contributed by atoms with van der Waals surface area (Å²) in [5.41, 5.74) is 0. The number of hydrogen-bond donors (Lipinski definition) is 0. The molecule has 0 aromatic heterocycles. The van der Waals surface area contributed by atoms with Crippen molar-refractivity contribution < 1.29 is 4.18 Å². The summed E-state index contributed by atoms with van der Waals surface area (Å²) in [6.07, 6.45) is 0.663. The molecule has 1 unspecified atom stereocenters. The van der Waals surface area contributed by atoms with Crippen LogP contribution >= 0.6 is 44.1 Å². The van der Waals surface area contributed by atoms with Crippen LogP contribution in [-0.4, -0.2) is 21.8 Å². The van der Waals surface area contributed by atoms with E-state index in [2.05, 4.69) is 9.39 Å². The van der Waals surface area contributed by atoms with E-state index in [1.165, 1.54) is 22.7 Å². The third kappa shape index (κ3) is 2.08. The quantitative estimate of drug-likeness (QED) is 0.259. The monoisotopic (exact) mass is 265 g/mol. The van der Waals surface area contributed by atoms with Gasteiger partial charge in [-0.05, 0) is 11.8 Å². The maximum atomic E-state index is 8.33. The molecular weight excluding hydrogens is 262 g/mol. The van der Waals surface area contributed by atoms with Crippen LogP contribution in [0.3, 0.4) is 0 Å². The van der Waals surface area contributed by atoms with E-state index in [-0.39, 0.29) is 0 Å². The molecule has 0 radical (unpaired) electrons. The highest BCUT2D eigenvalue weighted by Gasteiger charge is 2.27. The van der Waals surface area contributed by atoms with E-state index in [0.29, 0.717) is 23.2 Å². The Bertz CT molecular complexity index is 398. The zero-order valence-electron chi connectivity index (χ0n) is 6.77. The van der Waals surface area contributed by atoms with Crippen molar-refractivity contribution in [3.05, 3.63) is 0 Å². The van der Waals surface area contributed by atoms with Crippen molar-refractivity contribution in [3.8, 4) is 5.40 Å². The number of nitriles is 1. The van der Waals surface area contributed by atoms with Gasteiger partial charge in [-0.3, -0.25) is 0 Å². The summed E-state index contributed by atoms with van der Waals surface area (Å²) in [6, 6.07) is 0. The van der Waals surface area contributed by atoms with E-state index in [0.717, 1.165) is 4.99 Å². The first kappa shape index (κ1) is 10.4. The van der Waals surface area contributed by atoms with E-state index in [1.807, 2.05) is 5.40 Å². The Kier molecular flexibility index (Phi) is 3.38. The molecule has 0 bridgehead atoms. The van der Waals surface area contributed by atoms with Gasteiger partial charge in [0.25, 0.3) is 0 Å². The average Bonchev–Trinajstić information content (AvgIpc) is 2.70. The molecule has 0 amide bonds. The maximum absolute atomic E-state index is 8.33. The lowest BCUT2D eigenvalue weighted by molar-refractivity contribution is 0.640. The summed E-state index contributed by atoms with van der Waals surface area (Å²) in [4.78, 5) is 4.95. The molecule has 2 rings (SSSR count). The minimum Gasteiger partial charge on any atom is -0.404 e. The van der Waals surface area contributed by atoms with Crippen LogP contribution < -0.4 is 0 Å². The third-order valence-corrected chi connectivity index (χ3v) is 5.06. The molecule has 4 nitrogen and oxygen atoms in total. The van der Waals surface area contributed by atoms with Crippen molar-refractivity contribution in [2.75, 3.05) is 5.75 Å². The first-order valence-corrected chi connectivity index (χ1v) is 7.41. The van der Waals surface area contributed by atoms with Crippen LogP contribution in [0.4, 0.5) is 0 Å². The fraction of sp³-hybridized carbons (Fsp3) is 0.333. The van der Waals surface area contributed by atoms with Crippen molar-refractivity contribution in [1.82, 2.24) is 0 Å². The Morgan fingerprint density at radius 3 is 3.29 bits per heavy atom. The normalized spacial score (nSPS) is 23.7. The topological polar surface area (TPSA) is 57.7 Å². The first-order valence-electron chi connectivity index (χ1n) is 3.60. The largest absolute Gasteiger partial charge is 0.404 e. The highest BCUT2D eigenvalue weighted by Crippen LogP contribution is 2.44. The predicted octanol–water partition coefficient (Wildman–Crippen LogP) is 2.55. The van der Waals surface area contributed by atoms with Crippen molar-refractivity contribution >= 4 is 60.2 Å². The Morgan fingerprint density at radius 2 is 2.57 bits per heavy atom. The van der Waals surface area contributed by atoms with Gasteiger partial charge in [0.1, 0.15) is 15.2 Å². The lowest BCUT2D eigenvalue weighted by Gasteiger charge is -2.00. The van der Waals surface area contributed by atoms with Crippen LogP contribution in [0.2, 0.25) is 0 Å². The standard InChI is InChI=1S/C6H4ClN3OS3/c7-5-6-9-4(1-2-12-3-8)11-14(6)13-10-5/h1-2H2. The molecule has 2 aliphatic rings. The van der Waals surface area contributed by atoms with Crippen molar-refractivity contribution in [2.24, 2.45) is 9.39 Å². The van der Waals surface area contributed by atoms with E-state index in [1.54, 1.807) is 0 Å². The first-order chi connectivity index (χ1) is 6.81.